The van der Waals surface area contributed by atoms with Crippen molar-refractivity contribution in [3.05, 3.63) is 20.8 Å². The highest BCUT2D eigenvalue weighted by Gasteiger charge is 2.38. The van der Waals surface area contributed by atoms with E-state index in [4.69, 9.17) is 0 Å². The lowest BCUT2D eigenvalue weighted by atomic mass is 9.88. The van der Waals surface area contributed by atoms with Crippen LogP contribution in [-0.2, 0) is 4.79 Å². The molecular weight excluding hydrogens is 306 g/mol. The van der Waals surface area contributed by atoms with Crippen LogP contribution < -0.4 is 5.32 Å². The third-order valence-corrected chi connectivity index (χ3v) is 4.63. The molecular formula is C11H14BrNO3S. The largest absolute Gasteiger partial charge is 0.480 e. The average Bonchev–Trinajstić information content (AvgIpc) is 2.63. The van der Waals surface area contributed by atoms with Crippen molar-refractivity contribution in [3.63, 3.8) is 0 Å². The molecule has 1 aromatic heterocycles. The number of rotatable bonds is 4. The van der Waals surface area contributed by atoms with Crippen LogP contribution in [0.5, 0.6) is 0 Å². The van der Waals surface area contributed by atoms with Gasteiger partial charge in [-0.3, -0.25) is 4.79 Å². The topological polar surface area (TPSA) is 66.4 Å². The molecule has 0 aliphatic heterocycles. The van der Waals surface area contributed by atoms with E-state index in [1.807, 2.05) is 0 Å². The van der Waals surface area contributed by atoms with Crippen LogP contribution in [0.2, 0.25) is 0 Å². The van der Waals surface area contributed by atoms with E-state index in [-0.39, 0.29) is 11.8 Å². The van der Waals surface area contributed by atoms with Gasteiger partial charge in [-0.05, 0) is 40.2 Å². The first-order valence-electron chi connectivity index (χ1n) is 5.08. The summed E-state index contributed by atoms with van der Waals surface area (Å²) in [5, 5.41) is 13.5. The number of carbonyl (C=O) groups is 2. The van der Waals surface area contributed by atoms with Gasteiger partial charge in [0.1, 0.15) is 10.4 Å². The molecule has 0 unspecified atom stereocenters. The summed E-state index contributed by atoms with van der Waals surface area (Å²) in [6, 6.07) is 1.76. The van der Waals surface area contributed by atoms with Crippen molar-refractivity contribution in [3.8, 4) is 0 Å². The van der Waals surface area contributed by atoms with Gasteiger partial charge in [-0.15, -0.1) is 11.3 Å². The molecule has 0 bridgehead atoms. The number of aliphatic carboxylic acids is 1. The number of nitrogens with one attached hydrogen (secondary N) is 1. The molecule has 0 aliphatic rings. The van der Waals surface area contributed by atoms with Crippen molar-refractivity contribution >= 4 is 39.1 Å². The lowest BCUT2D eigenvalue weighted by Crippen LogP contribution is -2.55. The van der Waals surface area contributed by atoms with Crippen LogP contribution in [0.25, 0.3) is 0 Å². The van der Waals surface area contributed by atoms with Gasteiger partial charge in [0, 0.05) is 4.47 Å². The molecule has 1 atom stereocenters. The first-order valence-corrected chi connectivity index (χ1v) is 6.75. The highest BCUT2D eigenvalue weighted by atomic mass is 79.9. The Balaban J connectivity index is 2.94. The Morgan fingerprint density at radius 2 is 2.12 bits per heavy atom. The molecule has 1 amide bonds. The van der Waals surface area contributed by atoms with Gasteiger partial charge in [0.25, 0.3) is 5.91 Å². The molecule has 17 heavy (non-hydrogen) atoms. The standard InChI is InChI=1S/C11H14BrNO3S/c1-6(2)11(3,10(15)16)13-9(14)8-7(12)4-5-17-8/h4-6H,1-3H3,(H,13,14)(H,15,16)/t11-/m1/s1. The third kappa shape index (κ3) is 2.87. The zero-order valence-corrected chi connectivity index (χ0v) is 12.2. The zero-order chi connectivity index (χ0) is 13.2. The lowest BCUT2D eigenvalue weighted by Gasteiger charge is -2.30. The van der Waals surface area contributed by atoms with Gasteiger partial charge in [0.2, 0.25) is 0 Å². The molecule has 1 rings (SSSR count). The summed E-state index contributed by atoms with van der Waals surface area (Å²) in [5.41, 5.74) is -1.26. The number of halogens is 1. The molecule has 4 nitrogen and oxygen atoms in total. The summed E-state index contributed by atoms with van der Waals surface area (Å²) >= 11 is 4.52. The SMILES string of the molecule is CC(C)[C@@](C)(NC(=O)c1sccc1Br)C(=O)O. The summed E-state index contributed by atoms with van der Waals surface area (Å²) in [6.07, 6.45) is 0. The molecule has 0 aromatic carbocycles. The fourth-order valence-electron chi connectivity index (χ4n) is 1.19. The van der Waals surface area contributed by atoms with E-state index in [9.17, 15) is 14.7 Å². The van der Waals surface area contributed by atoms with Crippen LogP contribution >= 0.6 is 27.3 Å². The summed E-state index contributed by atoms with van der Waals surface area (Å²) < 4.78 is 0.677. The van der Waals surface area contributed by atoms with Gasteiger partial charge in [-0.2, -0.15) is 0 Å². The van der Waals surface area contributed by atoms with Crippen molar-refractivity contribution in [2.75, 3.05) is 0 Å². The van der Waals surface area contributed by atoms with Crippen molar-refractivity contribution < 1.29 is 14.7 Å². The molecule has 0 radical (unpaired) electrons. The Morgan fingerprint density at radius 3 is 2.47 bits per heavy atom. The summed E-state index contributed by atoms with van der Waals surface area (Å²) in [5.74, 6) is -1.61. The van der Waals surface area contributed by atoms with Crippen LogP contribution in [0.15, 0.2) is 15.9 Å². The second-order valence-electron chi connectivity index (χ2n) is 4.21. The maximum absolute atomic E-state index is 12.0. The molecule has 1 heterocycles. The van der Waals surface area contributed by atoms with Gasteiger partial charge in [0.05, 0.1) is 0 Å². The van der Waals surface area contributed by atoms with E-state index in [0.29, 0.717) is 9.35 Å². The van der Waals surface area contributed by atoms with Gasteiger partial charge >= 0.3 is 5.97 Å². The molecule has 0 saturated heterocycles. The zero-order valence-electron chi connectivity index (χ0n) is 9.78. The Hall–Kier alpha value is -0.880. The van der Waals surface area contributed by atoms with Crippen molar-refractivity contribution in [1.82, 2.24) is 5.32 Å². The normalized spacial score (nSPS) is 14.4. The van der Waals surface area contributed by atoms with E-state index >= 15 is 0 Å². The Labute approximate surface area is 112 Å². The fraction of sp³-hybridized carbons (Fsp3) is 0.455. The van der Waals surface area contributed by atoms with Crippen LogP contribution in [0.1, 0.15) is 30.4 Å². The Bertz CT molecular complexity index is 444. The number of amides is 1. The number of carboxylic acid groups (broad SMARTS) is 1. The predicted molar refractivity (Wildman–Crippen MR) is 70.4 cm³/mol. The van der Waals surface area contributed by atoms with Gasteiger partial charge in [0.15, 0.2) is 0 Å². The monoisotopic (exact) mass is 319 g/mol. The highest BCUT2D eigenvalue weighted by Crippen LogP contribution is 2.24. The molecule has 94 valence electrons. The minimum atomic E-state index is -1.26. The Kier molecular flexibility index (Phi) is 4.32. The minimum absolute atomic E-state index is 0.206. The molecule has 0 spiro atoms. The molecule has 1 aromatic rings. The predicted octanol–water partition coefficient (Wildman–Crippen LogP) is 2.74. The van der Waals surface area contributed by atoms with E-state index in [0.717, 1.165) is 0 Å². The molecule has 0 saturated carbocycles. The number of hydrogen-bond acceptors (Lipinski definition) is 3. The first kappa shape index (κ1) is 14.2. The molecule has 0 aliphatic carbocycles. The highest BCUT2D eigenvalue weighted by molar-refractivity contribution is 9.10. The molecule has 2 N–H and O–H groups in total. The average molecular weight is 320 g/mol. The maximum atomic E-state index is 12.0. The van der Waals surface area contributed by atoms with Crippen molar-refractivity contribution in [1.29, 1.82) is 0 Å². The summed E-state index contributed by atoms with van der Waals surface area (Å²) in [6.45, 7) is 5.04. The summed E-state index contributed by atoms with van der Waals surface area (Å²) in [7, 11) is 0. The summed E-state index contributed by atoms with van der Waals surface area (Å²) in [4.78, 5) is 23.7. The van der Waals surface area contributed by atoms with Crippen LogP contribution in [-0.4, -0.2) is 22.5 Å². The van der Waals surface area contributed by atoms with Gasteiger partial charge in [-0.1, -0.05) is 13.8 Å². The van der Waals surface area contributed by atoms with E-state index in [2.05, 4.69) is 21.2 Å². The van der Waals surface area contributed by atoms with E-state index < -0.39 is 11.5 Å². The number of carboxylic acids is 1. The molecule has 0 fully saturated rings. The van der Waals surface area contributed by atoms with Crippen LogP contribution in [0.3, 0.4) is 0 Å². The third-order valence-electron chi connectivity index (χ3n) is 2.80. The molecule has 6 heteroatoms. The van der Waals surface area contributed by atoms with Crippen molar-refractivity contribution in [2.24, 2.45) is 5.92 Å². The maximum Gasteiger partial charge on any atom is 0.329 e. The quantitative estimate of drug-likeness (QED) is 0.896. The van der Waals surface area contributed by atoms with Crippen LogP contribution in [0.4, 0.5) is 0 Å². The first-order chi connectivity index (χ1) is 7.79. The fourth-order valence-corrected chi connectivity index (χ4v) is 2.64. The number of hydrogen-bond donors (Lipinski definition) is 2. The second-order valence-corrected chi connectivity index (χ2v) is 5.98. The van der Waals surface area contributed by atoms with E-state index in [1.54, 1.807) is 25.3 Å². The van der Waals surface area contributed by atoms with E-state index in [1.165, 1.54) is 18.3 Å². The van der Waals surface area contributed by atoms with Crippen molar-refractivity contribution in [2.45, 2.75) is 26.3 Å². The van der Waals surface area contributed by atoms with Crippen LogP contribution in [0, 0.1) is 5.92 Å². The smallest absolute Gasteiger partial charge is 0.329 e. The number of thiophene rings is 1. The van der Waals surface area contributed by atoms with Gasteiger partial charge < -0.3 is 10.4 Å². The Morgan fingerprint density at radius 1 is 1.53 bits per heavy atom. The number of carbonyl (C=O) groups excluding carboxylic acids is 1. The van der Waals surface area contributed by atoms with Gasteiger partial charge in [-0.25, -0.2) is 4.79 Å². The lowest BCUT2D eigenvalue weighted by molar-refractivity contribution is -0.145. The minimum Gasteiger partial charge on any atom is -0.480 e. The second kappa shape index (κ2) is 5.18.